The zero-order valence-corrected chi connectivity index (χ0v) is 8.39. The number of carbonyl (C=O) groups is 2. The summed E-state index contributed by atoms with van der Waals surface area (Å²) in [5, 5.41) is 0. The number of nitrogens with zero attached hydrogens (tertiary/aromatic N) is 3. The molecule has 5 heteroatoms. The van der Waals surface area contributed by atoms with Gasteiger partial charge in [0.25, 0.3) is 12.1 Å². The fourth-order valence-corrected chi connectivity index (χ4v) is 1.09. The highest BCUT2D eigenvalue weighted by molar-refractivity contribution is 6.12. The Bertz CT molecular complexity index is 345. The van der Waals surface area contributed by atoms with E-state index in [1.54, 1.807) is 16.8 Å². The molecule has 0 saturated heterocycles. The van der Waals surface area contributed by atoms with Gasteiger partial charge in [0.2, 0.25) is 11.8 Å². The van der Waals surface area contributed by atoms with E-state index < -0.39 is 0 Å². The normalized spacial score (nSPS) is 9.64. The molecule has 0 spiro atoms. The van der Waals surface area contributed by atoms with E-state index in [2.05, 4.69) is 4.98 Å². The van der Waals surface area contributed by atoms with Crippen LogP contribution in [0.1, 0.15) is 13.8 Å². The maximum Gasteiger partial charge on any atom is 0.288 e. The number of hydrogen-bond acceptors (Lipinski definition) is 3. The van der Waals surface area contributed by atoms with E-state index in [4.69, 9.17) is 0 Å². The highest BCUT2D eigenvalue weighted by atomic mass is 16.2. The van der Waals surface area contributed by atoms with Crippen LogP contribution < -0.4 is 9.47 Å². The average molecular weight is 194 g/mol. The minimum Gasteiger partial charge on any atom is -0.274 e. The van der Waals surface area contributed by atoms with Gasteiger partial charge in [-0.3, -0.25) is 9.59 Å². The standard InChI is InChI=1S/C9H12N3O2/c1-7(13)12(8(2)14)9-4-5-11(3)6-10-9/h4-6H,1-3H3/q+1. The summed E-state index contributed by atoms with van der Waals surface area (Å²) in [5.74, 6) is -0.319. The molecule has 1 aromatic rings. The Kier molecular flexibility index (Phi) is 2.91. The minimum absolute atomic E-state index is 0.334. The second-order valence-electron chi connectivity index (χ2n) is 2.96. The number of amides is 2. The van der Waals surface area contributed by atoms with Crippen LogP contribution >= 0.6 is 0 Å². The monoisotopic (exact) mass is 194 g/mol. The highest BCUT2D eigenvalue weighted by Crippen LogP contribution is 2.07. The summed E-state index contributed by atoms with van der Waals surface area (Å²) in [5.41, 5.74) is 0. The van der Waals surface area contributed by atoms with Gasteiger partial charge in [0.15, 0.2) is 0 Å². The van der Waals surface area contributed by atoms with Crippen LogP contribution in [0.3, 0.4) is 0 Å². The summed E-state index contributed by atoms with van der Waals surface area (Å²) in [6.45, 7) is 2.66. The van der Waals surface area contributed by atoms with Crippen molar-refractivity contribution in [2.45, 2.75) is 13.8 Å². The number of aromatic nitrogens is 2. The van der Waals surface area contributed by atoms with E-state index in [1.807, 2.05) is 7.05 Å². The summed E-state index contributed by atoms with van der Waals surface area (Å²) in [7, 11) is 1.81. The maximum atomic E-state index is 11.1. The summed E-state index contributed by atoms with van der Waals surface area (Å²) in [6, 6.07) is 1.61. The Balaban J connectivity index is 3.06. The molecule has 5 nitrogen and oxygen atoms in total. The van der Waals surface area contributed by atoms with Crippen molar-refractivity contribution in [2.24, 2.45) is 7.05 Å². The van der Waals surface area contributed by atoms with E-state index in [0.717, 1.165) is 4.90 Å². The summed E-state index contributed by atoms with van der Waals surface area (Å²) >= 11 is 0. The predicted molar refractivity (Wildman–Crippen MR) is 49.3 cm³/mol. The number of carbonyl (C=O) groups excluding carboxylic acids is 2. The molecule has 0 bridgehead atoms. The van der Waals surface area contributed by atoms with Crippen molar-refractivity contribution < 1.29 is 14.2 Å². The molecular formula is C9H12N3O2+. The first kappa shape index (κ1) is 10.3. The van der Waals surface area contributed by atoms with Crippen LogP contribution in [0, 0.1) is 0 Å². The molecular weight excluding hydrogens is 182 g/mol. The van der Waals surface area contributed by atoms with Gasteiger partial charge in [-0.05, 0) is 4.98 Å². The van der Waals surface area contributed by atoms with Gasteiger partial charge in [0, 0.05) is 19.9 Å². The zero-order chi connectivity index (χ0) is 10.7. The van der Waals surface area contributed by atoms with Crippen LogP contribution in [0.25, 0.3) is 0 Å². The first-order chi connectivity index (χ1) is 6.52. The van der Waals surface area contributed by atoms with Gasteiger partial charge in [-0.15, -0.1) is 0 Å². The highest BCUT2D eigenvalue weighted by Gasteiger charge is 2.20. The molecule has 0 aliphatic rings. The van der Waals surface area contributed by atoms with Crippen LogP contribution in [0.15, 0.2) is 18.6 Å². The number of imide groups is 1. The fraction of sp³-hybridized carbons (Fsp3) is 0.333. The van der Waals surface area contributed by atoms with E-state index in [1.165, 1.54) is 20.2 Å². The molecule has 1 heterocycles. The molecule has 0 saturated carbocycles. The first-order valence-corrected chi connectivity index (χ1v) is 4.15. The summed E-state index contributed by atoms with van der Waals surface area (Å²) in [6.07, 6.45) is 3.26. The maximum absolute atomic E-state index is 11.1. The largest absolute Gasteiger partial charge is 0.288 e. The van der Waals surface area contributed by atoms with Gasteiger partial charge in [0.1, 0.15) is 0 Å². The Morgan fingerprint density at radius 3 is 2.29 bits per heavy atom. The van der Waals surface area contributed by atoms with Gasteiger partial charge in [-0.25, -0.2) is 9.47 Å². The minimum atomic E-state index is -0.334. The van der Waals surface area contributed by atoms with Gasteiger partial charge in [-0.1, -0.05) is 0 Å². The van der Waals surface area contributed by atoms with Crippen LogP contribution in [-0.2, 0) is 16.6 Å². The molecule has 0 aromatic carbocycles. The molecule has 0 aliphatic heterocycles. The predicted octanol–water partition coefficient (Wildman–Crippen LogP) is -0.195. The second kappa shape index (κ2) is 3.95. The molecule has 0 unspecified atom stereocenters. The third kappa shape index (κ3) is 2.12. The van der Waals surface area contributed by atoms with Crippen molar-refractivity contribution in [1.82, 2.24) is 4.98 Å². The molecule has 14 heavy (non-hydrogen) atoms. The van der Waals surface area contributed by atoms with Crippen molar-refractivity contribution in [3.63, 3.8) is 0 Å². The molecule has 1 aromatic heterocycles. The van der Waals surface area contributed by atoms with Crippen molar-refractivity contribution in [3.05, 3.63) is 18.6 Å². The average Bonchev–Trinajstić information content (AvgIpc) is 2.07. The molecule has 0 N–H and O–H groups in total. The lowest BCUT2D eigenvalue weighted by Crippen LogP contribution is -2.35. The van der Waals surface area contributed by atoms with E-state index in [-0.39, 0.29) is 11.8 Å². The lowest BCUT2D eigenvalue weighted by molar-refractivity contribution is -0.674. The second-order valence-corrected chi connectivity index (χ2v) is 2.96. The Morgan fingerprint density at radius 1 is 1.36 bits per heavy atom. The van der Waals surface area contributed by atoms with Crippen LogP contribution in [0.5, 0.6) is 0 Å². The van der Waals surface area contributed by atoms with Crippen molar-refractivity contribution >= 4 is 17.6 Å². The molecule has 2 amide bonds. The topological polar surface area (TPSA) is 54.2 Å². The number of hydrogen-bond donors (Lipinski definition) is 0. The molecule has 74 valence electrons. The lowest BCUT2D eigenvalue weighted by Gasteiger charge is -2.11. The van der Waals surface area contributed by atoms with Crippen LogP contribution in [0.4, 0.5) is 5.82 Å². The zero-order valence-electron chi connectivity index (χ0n) is 8.39. The lowest BCUT2D eigenvalue weighted by atomic mass is 10.4. The fourth-order valence-electron chi connectivity index (χ4n) is 1.09. The van der Waals surface area contributed by atoms with Gasteiger partial charge in [0.05, 0.1) is 13.2 Å². The smallest absolute Gasteiger partial charge is 0.274 e. The number of rotatable bonds is 1. The van der Waals surface area contributed by atoms with Gasteiger partial charge in [-0.2, -0.15) is 0 Å². The van der Waals surface area contributed by atoms with Crippen molar-refractivity contribution in [3.8, 4) is 0 Å². The summed E-state index contributed by atoms with van der Waals surface area (Å²) < 4.78 is 1.72. The summed E-state index contributed by atoms with van der Waals surface area (Å²) in [4.78, 5) is 27.3. The molecule has 0 fully saturated rings. The third-order valence-corrected chi connectivity index (χ3v) is 1.69. The Labute approximate surface area is 82.0 Å². The van der Waals surface area contributed by atoms with Gasteiger partial charge < -0.3 is 0 Å². The van der Waals surface area contributed by atoms with E-state index in [9.17, 15) is 9.59 Å². The Morgan fingerprint density at radius 2 is 1.93 bits per heavy atom. The van der Waals surface area contributed by atoms with Gasteiger partial charge >= 0.3 is 0 Å². The van der Waals surface area contributed by atoms with E-state index in [0.29, 0.717) is 5.82 Å². The number of aryl methyl sites for hydroxylation is 1. The van der Waals surface area contributed by atoms with Crippen molar-refractivity contribution in [1.29, 1.82) is 0 Å². The van der Waals surface area contributed by atoms with E-state index >= 15 is 0 Å². The SMILES string of the molecule is CC(=O)N(C(C)=O)c1cc[n+](C)cn1. The molecule has 1 rings (SSSR count). The first-order valence-electron chi connectivity index (χ1n) is 4.15. The molecule has 0 atom stereocenters. The molecule has 0 aliphatic carbocycles. The van der Waals surface area contributed by atoms with Crippen LogP contribution in [-0.4, -0.2) is 16.8 Å². The molecule has 0 radical (unpaired) electrons. The van der Waals surface area contributed by atoms with Crippen LogP contribution in [0.2, 0.25) is 0 Å². The van der Waals surface area contributed by atoms with Crippen molar-refractivity contribution in [2.75, 3.05) is 4.90 Å². The quantitative estimate of drug-likeness (QED) is 0.582. The number of anilines is 1. The third-order valence-electron chi connectivity index (χ3n) is 1.69. The Hall–Kier alpha value is -1.78.